The first-order chi connectivity index (χ1) is 11.8. The average molecular weight is 369 g/mol. The van der Waals surface area contributed by atoms with Gasteiger partial charge in [-0.1, -0.05) is 24.3 Å². The zero-order valence-corrected chi connectivity index (χ0v) is 14.9. The molecule has 1 saturated heterocycles. The Morgan fingerprint density at radius 1 is 0.958 bits per heavy atom. The monoisotopic (exact) mass is 368 g/mol. The molecular formula is C18H12N2OS3. The lowest BCUT2D eigenvalue weighted by Crippen LogP contribution is -2.19. The average Bonchev–Trinajstić information content (AvgIpc) is 3.31. The summed E-state index contributed by atoms with van der Waals surface area (Å²) in [6.07, 6.45) is 1.93. The van der Waals surface area contributed by atoms with Crippen LogP contribution in [0.3, 0.4) is 0 Å². The summed E-state index contributed by atoms with van der Waals surface area (Å²) in [5.41, 5.74) is 0.831. The standard InChI is InChI=1S/C18H12N2OS3/c21-17-16(24-18(20-17)19-12-5-2-1-3-6-12)11-13-8-9-15(23-13)14-7-4-10-22-14/h1-11H,(H,19,20,21). The molecule has 1 N–H and O–H groups in total. The third-order valence-corrected chi connectivity index (χ3v) is 6.31. The lowest BCUT2D eigenvalue weighted by molar-refractivity contribution is -0.115. The van der Waals surface area contributed by atoms with E-state index in [0.717, 1.165) is 10.6 Å². The SMILES string of the molecule is O=C1NC(=Nc2ccccc2)SC1=Cc1ccc(-c2cccs2)s1. The van der Waals surface area contributed by atoms with Crippen molar-refractivity contribution in [1.29, 1.82) is 0 Å². The number of carbonyl (C=O) groups excluding carboxylic acids is 1. The number of amidine groups is 1. The first-order valence-corrected chi connectivity index (χ1v) is 9.77. The number of thioether (sulfide) groups is 1. The third kappa shape index (κ3) is 3.36. The first-order valence-electron chi connectivity index (χ1n) is 7.26. The predicted molar refractivity (Wildman–Crippen MR) is 105 cm³/mol. The highest BCUT2D eigenvalue weighted by molar-refractivity contribution is 8.18. The van der Waals surface area contributed by atoms with Crippen LogP contribution in [0.1, 0.15) is 4.88 Å². The Hall–Kier alpha value is -2.15. The molecule has 1 aromatic carbocycles. The van der Waals surface area contributed by atoms with Crippen molar-refractivity contribution in [2.75, 3.05) is 0 Å². The molecule has 0 spiro atoms. The van der Waals surface area contributed by atoms with E-state index in [1.165, 1.54) is 21.5 Å². The number of amides is 1. The Balaban J connectivity index is 1.55. The van der Waals surface area contributed by atoms with Gasteiger partial charge in [0.15, 0.2) is 5.17 Å². The van der Waals surface area contributed by atoms with Crippen molar-refractivity contribution in [3.8, 4) is 9.75 Å². The van der Waals surface area contributed by atoms with Crippen molar-refractivity contribution in [3.63, 3.8) is 0 Å². The highest BCUT2D eigenvalue weighted by atomic mass is 32.2. The summed E-state index contributed by atoms with van der Waals surface area (Å²) in [5, 5.41) is 5.51. The number of nitrogens with one attached hydrogen (secondary N) is 1. The van der Waals surface area contributed by atoms with Gasteiger partial charge in [-0.2, -0.15) is 0 Å². The number of rotatable bonds is 3. The number of benzene rings is 1. The molecule has 24 heavy (non-hydrogen) atoms. The molecule has 3 nitrogen and oxygen atoms in total. The van der Waals surface area contributed by atoms with Gasteiger partial charge in [-0.15, -0.1) is 22.7 Å². The molecule has 3 heterocycles. The van der Waals surface area contributed by atoms with E-state index >= 15 is 0 Å². The van der Waals surface area contributed by atoms with Crippen LogP contribution < -0.4 is 5.32 Å². The normalized spacial score (nSPS) is 17.6. The van der Waals surface area contributed by atoms with Gasteiger partial charge >= 0.3 is 0 Å². The van der Waals surface area contributed by atoms with Gasteiger partial charge in [-0.3, -0.25) is 4.79 Å². The molecule has 4 rings (SSSR count). The largest absolute Gasteiger partial charge is 0.300 e. The van der Waals surface area contributed by atoms with Gasteiger partial charge in [0.2, 0.25) is 0 Å². The second kappa shape index (κ2) is 6.76. The van der Waals surface area contributed by atoms with Crippen LogP contribution in [0.5, 0.6) is 0 Å². The Morgan fingerprint density at radius 3 is 2.62 bits per heavy atom. The number of hydrogen-bond acceptors (Lipinski definition) is 5. The summed E-state index contributed by atoms with van der Waals surface area (Å²) in [7, 11) is 0. The van der Waals surface area contributed by atoms with Crippen LogP contribution in [0.2, 0.25) is 0 Å². The van der Waals surface area contributed by atoms with Gasteiger partial charge in [0, 0.05) is 14.6 Å². The summed E-state index contributed by atoms with van der Waals surface area (Å²) in [6.45, 7) is 0. The summed E-state index contributed by atoms with van der Waals surface area (Å²) in [4.78, 5) is 20.8. The minimum absolute atomic E-state index is 0.0965. The lowest BCUT2D eigenvalue weighted by atomic mass is 10.3. The van der Waals surface area contributed by atoms with Crippen LogP contribution in [0.4, 0.5) is 5.69 Å². The second-order valence-electron chi connectivity index (χ2n) is 5.00. The van der Waals surface area contributed by atoms with Crippen molar-refractivity contribution < 1.29 is 4.79 Å². The maximum Gasteiger partial charge on any atom is 0.264 e. The Bertz CT molecular complexity index is 924. The maximum atomic E-state index is 12.1. The smallest absolute Gasteiger partial charge is 0.264 e. The topological polar surface area (TPSA) is 41.5 Å². The zero-order valence-electron chi connectivity index (χ0n) is 12.4. The van der Waals surface area contributed by atoms with E-state index in [9.17, 15) is 4.79 Å². The van der Waals surface area contributed by atoms with Gasteiger partial charge < -0.3 is 5.32 Å². The van der Waals surface area contributed by atoms with Gasteiger partial charge in [-0.25, -0.2) is 4.99 Å². The van der Waals surface area contributed by atoms with Gasteiger partial charge in [-0.05, 0) is 53.5 Å². The molecule has 118 valence electrons. The van der Waals surface area contributed by atoms with Gasteiger partial charge in [0.25, 0.3) is 5.91 Å². The summed E-state index contributed by atoms with van der Waals surface area (Å²) in [5.74, 6) is -0.0965. The Labute approximate surface area is 151 Å². The van der Waals surface area contributed by atoms with E-state index in [4.69, 9.17) is 0 Å². The fourth-order valence-electron chi connectivity index (χ4n) is 2.21. The number of aliphatic imine (C=N–C) groups is 1. The molecule has 0 radical (unpaired) electrons. The van der Waals surface area contributed by atoms with Crippen molar-refractivity contribution in [2.45, 2.75) is 0 Å². The quantitative estimate of drug-likeness (QED) is 0.632. The number of nitrogens with zero attached hydrogens (tertiary/aromatic N) is 1. The molecule has 0 aliphatic carbocycles. The van der Waals surface area contributed by atoms with E-state index in [0.29, 0.717) is 10.1 Å². The highest BCUT2D eigenvalue weighted by Gasteiger charge is 2.24. The van der Waals surface area contributed by atoms with Crippen LogP contribution in [0, 0.1) is 0 Å². The van der Waals surface area contributed by atoms with E-state index in [-0.39, 0.29) is 5.91 Å². The molecule has 2 aromatic heterocycles. The lowest BCUT2D eigenvalue weighted by Gasteiger charge is -1.94. The Kier molecular flexibility index (Phi) is 4.34. The van der Waals surface area contributed by atoms with Crippen LogP contribution >= 0.6 is 34.4 Å². The predicted octanol–water partition coefficient (Wildman–Crippen LogP) is 5.37. The van der Waals surface area contributed by atoms with Crippen LogP contribution in [-0.2, 0) is 4.79 Å². The van der Waals surface area contributed by atoms with Crippen molar-refractivity contribution >= 4 is 57.3 Å². The summed E-state index contributed by atoms with van der Waals surface area (Å²) < 4.78 is 0. The zero-order chi connectivity index (χ0) is 16.4. The number of thiophene rings is 2. The molecule has 1 amide bonds. The summed E-state index contributed by atoms with van der Waals surface area (Å²) in [6, 6.07) is 17.9. The Morgan fingerprint density at radius 2 is 1.83 bits per heavy atom. The van der Waals surface area contributed by atoms with Gasteiger partial charge in [0.05, 0.1) is 10.6 Å². The molecule has 6 heteroatoms. The minimum atomic E-state index is -0.0965. The first kappa shape index (κ1) is 15.4. The van der Waals surface area contributed by atoms with Crippen LogP contribution in [0.25, 0.3) is 15.8 Å². The molecule has 0 saturated carbocycles. The molecule has 1 aliphatic heterocycles. The minimum Gasteiger partial charge on any atom is -0.300 e. The highest BCUT2D eigenvalue weighted by Crippen LogP contribution is 2.34. The second-order valence-corrected chi connectivity index (χ2v) is 8.09. The van der Waals surface area contributed by atoms with Crippen LogP contribution in [-0.4, -0.2) is 11.1 Å². The molecule has 1 aliphatic rings. The molecule has 3 aromatic rings. The molecular weight excluding hydrogens is 356 g/mol. The maximum absolute atomic E-state index is 12.1. The van der Waals surface area contributed by atoms with E-state index < -0.39 is 0 Å². The van der Waals surface area contributed by atoms with E-state index in [1.807, 2.05) is 48.5 Å². The molecule has 0 unspecified atom stereocenters. The van der Waals surface area contributed by atoms with E-state index in [1.54, 1.807) is 22.7 Å². The molecule has 1 fully saturated rings. The summed E-state index contributed by atoms with van der Waals surface area (Å²) >= 11 is 4.78. The van der Waals surface area contributed by atoms with Crippen molar-refractivity contribution in [3.05, 3.63) is 69.8 Å². The van der Waals surface area contributed by atoms with E-state index in [2.05, 4.69) is 27.8 Å². The number of para-hydroxylation sites is 1. The third-order valence-electron chi connectivity index (χ3n) is 3.30. The number of hydrogen-bond donors (Lipinski definition) is 1. The van der Waals surface area contributed by atoms with Crippen molar-refractivity contribution in [2.24, 2.45) is 4.99 Å². The molecule has 0 atom stereocenters. The van der Waals surface area contributed by atoms with Gasteiger partial charge in [0.1, 0.15) is 0 Å². The van der Waals surface area contributed by atoms with Crippen molar-refractivity contribution in [1.82, 2.24) is 5.32 Å². The fraction of sp³-hybridized carbons (Fsp3) is 0. The number of carbonyl (C=O) groups is 1. The molecule has 0 bridgehead atoms. The van der Waals surface area contributed by atoms with Crippen LogP contribution in [0.15, 0.2) is 69.9 Å². The fourth-order valence-corrected chi connectivity index (χ4v) is 4.90.